The van der Waals surface area contributed by atoms with E-state index in [0.717, 1.165) is 11.8 Å². The van der Waals surface area contributed by atoms with E-state index in [1.54, 1.807) is 0 Å². The number of rotatable bonds is 5. The van der Waals surface area contributed by atoms with Gasteiger partial charge in [0.15, 0.2) is 5.12 Å². The lowest BCUT2D eigenvalue weighted by Crippen LogP contribution is -2.19. The molecule has 0 spiro atoms. The Labute approximate surface area is 115 Å². The fourth-order valence-corrected chi connectivity index (χ4v) is 2.25. The van der Waals surface area contributed by atoms with Crippen LogP contribution in [0.25, 0.3) is 0 Å². The molecule has 0 aliphatic carbocycles. The smallest absolute Gasteiger partial charge is 0.185 e. The molecule has 3 N–H and O–H groups in total. The van der Waals surface area contributed by atoms with Crippen molar-refractivity contribution < 1.29 is 20.1 Å². The molecule has 0 radical (unpaired) electrons. The molecule has 0 bridgehead atoms. The first kappa shape index (κ1) is 15.3. The van der Waals surface area contributed by atoms with Crippen LogP contribution in [0.3, 0.4) is 0 Å². The molecule has 18 heavy (non-hydrogen) atoms. The van der Waals surface area contributed by atoms with Crippen LogP contribution in [-0.4, -0.2) is 32.3 Å². The first-order chi connectivity index (χ1) is 8.41. The molecule has 0 saturated carbocycles. The molecule has 0 aliphatic rings. The summed E-state index contributed by atoms with van der Waals surface area (Å²) in [4.78, 5) is 10.7. The highest BCUT2D eigenvalue weighted by Gasteiger charge is 2.19. The Kier molecular flexibility index (Phi) is 5.95. The fraction of sp³-hybridized carbons (Fsp3) is 0.417. The van der Waals surface area contributed by atoms with Crippen LogP contribution in [0.4, 0.5) is 0 Å². The van der Waals surface area contributed by atoms with Crippen molar-refractivity contribution in [3.63, 3.8) is 0 Å². The van der Waals surface area contributed by atoms with Gasteiger partial charge in [0.2, 0.25) is 0 Å². The van der Waals surface area contributed by atoms with Crippen molar-refractivity contribution >= 4 is 28.5 Å². The van der Waals surface area contributed by atoms with E-state index < -0.39 is 12.2 Å². The molecular formula is C12H15ClO4S. The van der Waals surface area contributed by atoms with Crippen molar-refractivity contribution in [1.82, 2.24) is 0 Å². The molecule has 0 fully saturated rings. The summed E-state index contributed by atoms with van der Waals surface area (Å²) in [5.74, 6) is 0.369. The fourth-order valence-electron chi connectivity index (χ4n) is 1.41. The molecule has 2 unspecified atom stereocenters. The van der Waals surface area contributed by atoms with E-state index in [0.29, 0.717) is 17.7 Å². The zero-order chi connectivity index (χ0) is 13.7. The predicted octanol–water partition coefficient (Wildman–Crippen LogP) is 2.11. The number of aliphatic hydroxyl groups is 2. The molecule has 1 aromatic carbocycles. The maximum absolute atomic E-state index is 10.7. The molecule has 0 amide bonds. The molecule has 0 aliphatic heterocycles. The number of hydrogen-bond acceptors (Lipinski definition) is 5. The highest BCUT2D eigenvalue weighted by Crippen LogP contribution is 2.28. The third kappa shape index (κ3) is 4.49. The SMILES string of the molecule is CC(=O)SCCC(O)C(O)c1ccc(O)c(Cl)c1. The lowest BCUT2D eigenvalue weighted by molar-refractivity contribution is -0.109. The van der Waals surface area contributed by atoms with Crippen LogP contribution < -0.4 is 0 Å². The van der Waals surface area contributed by atoms with E-state index in [2.05, 4.69) is 0 Å². The van der Waals surface area contributed by atoms with Gasteiger partial charge in [0.05, 0.1) is 11.1 Å². The van der Waals surface area contributed by atoms with Crippen molar-refractivity contribution in [1.29, 1.82) is 0 Å². The average molecular weight is 291 g/mol. The average Bonchev–Trinajstić information content (AvgIpc) is 2.31. The van der Waals surface area contributed by atoms with Gasteiger partial charge < -0.3 is 15.3 Å². The molecule has 0 aromatic heterocycles. The van der Waals surface area contributed by atoms with Gasteiger partial charge in [0.25, 0.3) is 0 Å². The molecule has 0 saturated heterocycles. The summed E-state index contributed by atoms with van der Waals surface area (Å²) < 4.78 is 0. The Bertz CT molecular complexity index is 425. The van der Waals surface area contributed by atoms with E-state index in [1.165, 1.54) is 25.1 Å². The monoisotopic (exact) mass is 290 g/mol. The number of aromatic hydroxyl groups is 1. The minimum Gasteiger partial charge on any atom is -0.506 e. The Morgan fingerprint density at radius 1 is 1.44 bits per heavy atom. The first-order valence-corrected chi connectivity index (χ1v) is 6.76. The number of phenols is 1. The predicted molar refractivity (Wildman–Crippen MR) is 71.8 cm³/mol. The number of carbonyl (C=O) groups is 1. The van der Waals surface area contributed by atoms with E-state index in [4.69, 9.17) is 11.6 Å². The van der Waals surface area contributed by atoms with Gasteiger partial charge >= 0.3 is 0 Å². The van der Waals surface area contributed by atoms with Gasteiger partial charge in [-0.3, -0.25) is 4.79 Å². The summed E-state index contributed by atoms with van der Waals surface area (Å²) in [5.41, 5.74) is 0.429. The second kappa shape index (κ2) is 6.99. The quantitative estimate of drug-likeness (QED) is 0.774. The lowest BCUT2D eigenvalue weighted by Gasteiger charge is -2.18. The Hall–Kier alpha value is -0.750. The van der Waals surface area contributed by atoms with E-state index in [1.807, 2.05) is 0 Å². The Morgan fingerprint density at radius 2 is 2.11 bits per heavy atom. The highest BCUT2D eigenvalue weighted by atomic mass is 35.5. The molecule has 2 atom stereocenters. The Morgan fingerprint density at radius 3 is 2.67 bits per heavy atom. The van der Waals surface area contributed by atoms with Crippen molar-refractivity contribution in [2.45, 2.75) is 25.6 Å². The van der Waals surface area contributed by atoms with Crippen molar-refractivity contribution in [2.24, 2.45) is 0 Å². The standard InChI is InChI=1S/C12H15ClO4S/c1-7(14)18-5-4-11(16)12(17)8-2-3-10(15)9(13)6-8/h2-3,6,11-12,15-17H,4-5H2,1H3. The largest absolute Gasteiger partial charge is 0.506 e. The Balaban J connectivity index is 2.59. The van der Waals surface area contributed by atoms with Gasteiger partial charge in [-0.1, -0.05) is 29.4 Å². The minimum atomic E-state index is -1.09. The minimum absolute atomic E-state index is 0.0237. The molecule has 0 heterocycles. The lowest BCUT2D eigenvalue weighted by atomic mass is 10.0. The van der Waals surface area contributed by atoms with E-state index in [-0.39, 0.29) is 15.9 Å². The molecule has 4 nitrogen and oxygen atoms in total. The number of halogens is 1. The number of carbonyl (C=O) groups excluding carboxylic acids is 1. The highest BCUT2D eigenvalue weighted by molar-refractivity contribution is 8.13. The summed E-state index contributed by atoms with van der Waals surface area (Å²) in [6.45, 7) is 1.45. The number of hydrogen-bond donors (Lipinski definition) is 3. The van der Waals surface area contributed by atoms with E-state index >= 15 is 0 Å². The zero-order valence-corrected chi connectivity index (χ0v) is 11.4. The van der Waals surface area contributed by atoms with Crippen LogP contribution in [0.15, 0.2) is 18.2 Å². The van der Waals surface area contributed by atoms with Crippen LogP contribution in [0.1, 0.15) is 25.0 Å². The summed E-state index contributed by atoms with van der Waals surface area (Å²) in [6.07, 6.45) is -1.77. The number of benzene rings is 1. The van der Waals surface area contributed by atoms with Crippen LogP contribution >= 0.6 is 23.4 Å². The molecule has 1 rings (SSSR count). The molecule has 100 valence electrons. The first-order valence-electron chi connectivity index (χ1n) is 5.39. The normalized spacial score (nSPS) is 14.2. The maximum atomic E-state index is 10.7. The van der Waals surface area contributed by atoms with Gasteiger partial charge in [-0.2, -0.15) is 0 Å². The van der Waals surface area contributed by atoms with Crippen LogP contribution in [-0.2, 0) is 4.79 Å². The summed E-state index contributed by atoms with van der Waals surface area (Å²) >= 11 is 6.82. The number of thioether (sulfide) groups is 1. The van der Waals surface area contributed by atoms with Gasteiger partial charge in [-0.15, -0.1) is 0 Å². The second-order valence-electron chi connectivity index (χ2n) is 3.85. The summed E-state index contributed by atoms with van der Waals surface area (Å²) in [7, 11) is 0. The molecular weight excluding hydrogens is 276 g/mol. The summed E-state index contributed by atoms with van der Waals surface area (Å²) in [6, 6.07) is 4.26. The van der Waals surface area contributed by atoms with Crippen molar-refractivity contribution in [3.05, 3.63) is 28.8 Å². The van der Waals surface area contributed by atoms with Gasteiger partial charge in [-0.25, -0.2) is 0 Å². The van der Waals surface area contributed by atoms with E-state index in [9.17, 15) is 20.1 Å². The topological polar surface area (TPSA) is 77.8 Å². The zero-order valence-electron chi connectivity index (χ0n) is 9.84. The summed E-state index contributed by atoms with van der Waals surface area (Å²) in [5, 5.41) is 29.0. The van der Waals surface area contributed by atoms with Crippen LogP contribution in [0.5, 0.6) is 5.75 Å². The third-order valence-electron chi connectivity index (χ3n) is 2.40. The van der Waals surface area contributed by atoms with Crippen molar-refractivity contribution in [2.75, 3.05) is 5.75 Å². The third-order valence-corrected chi connectivity index (χ3v) is 3.55. The van der Waals surface area contributed by atoms with Crippen LogP contribution in [0, 0.1) is 0 Å². The molecule has 1 aromatic rings. The van der Waals surface area contributed by atoms with Crippen LogP contribution in [0.2, 0.25) is 5.02 Å². The number of phenolic OH excluding ortho intramolecular Hbond substituents is 1. The number of aliphatic hydroxyl groups excluding tert-OH is 2. The second-order valence-corrected chi connectivity index (χ2v) is 5.53. The molecule has 6 heteroatoms. The maximum Gasteiger partial charge on any atom is 0.185 e. The van der Waals surface area contributed by atoms with Gasteiger partial charge in [-0.05, 0) is 24.1 Å². The van der Waals surface area contributed by atoms with Crippen molar-refractivity contribution in [3.8, 4) is 5.75 Å². The van der Waals surface area contributed by atoms with Gasteiger partial charge in [0, 0.05) is 12.7 Å². The van der Waals surface area contributed by atoms with Gasteiger partial charge in [0.1, 0.15) is 11.9 Å².